The Bertz CT molecular complexity index is 717. The van der Waals surface area contributed by atoms with Gasteiger partial charge in [-0.15, -0.1) is 0 Å². The number of methoxy groups -OCH3 is 1. The summed E-state index contributed by atoms with van der Waals surface area (Å²) < 4.78 is 4.99. The monoisotopic (exact) mass is 321 g/mol. The van der Waals surface area contributed by atoms with Crippen LogP contribution in [0.4, 0.5) is 11.4 Å². The van der Waals surface area contributed by atoms with Gasteiger partial charge in [0.25, 0.3) is 5.69 Å². The predicted octanol–water partition coefficient (Wildman–Crippen LogP) is 3.41. The molecule has 7 nitrogen and oxygen atoms in total. The molecule has 114 valence electrons. The third kappa shape index (κ3) is 3.64. The maximum Gasteiger partial charge on any atom is 0.269 e. The zero-order valence-corrected chi connectivity index (χ0v) is 12.2. The molecule has 0 aliphatic rings. The van der Waals surface area contributed by atoms with Gasteiger partial charge in [0, 0.05) is 12.1 Å². The molecule has 0 aliphatic carbocycles. The van der Waals surface area contributed by atoms with Crippen molar-refractivity contribution in [1.29, 1.82) is 0 Å². The van der Waals surface area contributed by atoms with E-state index in [9.17, 15) is 15.2 Å². The molecule has 2 aromatic carbocycles. The van der Waals surface area contributed by atoms with Crippen LogP contribution in [0.1, 0.15) is 5.56 Å². The fourth-order valence-electron chi connectivity index (χ4n) is 1.66. The number of benzene rings is 2. The Hall–Kier alpha value is -2.80. The van der Waals surface area contributed by atoms with Crippen molar-refractivity contribution >= 4 is 29.2 Å². The van der Waals surface area contributed by atoms with Crippen LogP contribution < -0.4 is 10.2 Å². The Kier molecular flexibility index (Phi) is 4.80. The molecule has 8 heteroatoms. The average molecular weight is 322 g/mol. The van der Waals surface area contributed by atoms with E-state index in [1.54, 1.807) is 18.2 Å². The van der Waals surface area contributed by atoms with Crippen molar-refractivity contribution in [2.45, 2.75) is 0 Å². The van der Waals surface area contributed by atoms with Crippen molar-refractivity contribution in [3.05, 3.63) is 57.1 Å². The molecular formula is C14H12ClN3O4. The van der Waals surface area contributed by atoms with Crippen LogP contribution in [0.25, 0.3) is 0 Å². The molecule has 0 aliphatic heterocycles. The van der Waals surface area contributed by atoms with Gasteiger partial charge in [-0.3, -0.25) is 15.5 Å². The lowest BCUT2D eigenvalue weighted by Crippen LogP contribution is -1.93. The quantitative estimate of drug-likeness (QED) is 0.499. The number of phenolic OH excluding ortho intramolecular Hbond substituents is 1. The first kappa shape index (κ1) is 15.6. The number of hydrogen-bond donors (Lipinski definition) is 2. The highest BCUT2D eigenvalue weighted by molar-refractivity contribution is 6.32. The number of anilines is 1. The van der Waals surface area contributed by atoms with Gasteiger partial charge in [-0.2, -0.15) is 5.10 Å². The zero-order valence-electron chi connectivity index (χ0n) is 11.5. The molecule has 0 saturated heterocycles. The number of non-ortho nitro benzene ring substituents is 1. The first-order chi connectivity index (χ1) is 10.5. The molecule has 0 amide bonds. The second kappa shape index (κ2) is 6.77. The molecule has 0 aromatic heterocycles. The van der Waals surface area contributed by atoms with Crippen LogP contribution >= 0.6 is 11.6 Å². The number of nitrogens with zero attached hydrogens (tertiary/aromatic N) is 2. The smallest absolute Gasteiger partial charge is 0.269 e. The van der Waals surface area contributed by atoms with Gasteiger partial charge in [0.15, 0.2) is 11.5 Å². The minimum atomic E-state index is -0.474. The summed E-state index contributed by atoms with van der Waals surface area (Å²) in [5.41, 5.74) is 3.95. The van der Waals surface area contributed by atoms with E-state index in [2.05, 4.69) is 10.5 Å². The van der Waals surface area contributed by atoms with E-state index in [0.29, 0.717) is 11.3 Å². The molecular weight excluding hydrogens is 310 g/mol. The highest BCUT2D eigenvalue weighted by atomic mass is 35.5. The fraction of sp³-hybridized carbons (Fsp3) is 0.0714. The number of nitrogens with one attached hydrogen (secondary N) is 1. The highest BCUT2D eigenvalue weighted by Crippen LogP contribution is 2.34. The SMILES string of the molecule is COc1cc(/C=N/Nc2ccc([N+](=O)[O-])cc2)cc(Cl)c1O. The Morgan fingerprint density at radius 2 is 2.05 bits per heavy atom. The number of rotatable bonds is 5. The molecule has 2 aromatic rings. The topological polar surface area (TPSA) is 97.0 Å². The molecule has 0 unspecified atom stereocenters. The molecule has 0 bridgehead atoms. The van der Waals surface area contributed by atoms with E-state index in [-0.39, 0.29) is 22.2 Å². The first-order valence-electron chi connectivity index (χ1n) is 6.11. The summed E-state index contributed by atoms with van der Waals surface area (Å²) in [7, 11) is 1.42. The number of ether oxygens (including phenoxy) is 1. The van der Waals surface area contributed by atoms with Crippen molar-refractivity contribution in [1.82, 2.24) is 0 Å². The molecule has 2 rings (SSSR count). The van der Waals surface area contributed by atoms with Crippen LogP contribution in [-0.4, -0.2) is 23.4 Å². The summed E-state index contributed by atoms with van der Waals surface area (Å²) in [6.45, 7) is 0. The third-order valence-corrected chi connectivity index (χ3v) is 3.04. The molecule has 0 radical (unpaired) electrons. The largest absolute Gasteiger partial charge is 0.503 e. The normalized spacial score (nSPS) is 10.6. The number of halogens is 1. The van der Waals surface area contributed by atoms with E-state index >= 15 is 0 Å². The molecule has 0 saturated carbocycles. The van der Waals surface area contributed by atoms with E-state index in [0.717, 1.165) is 0 Å². The minimum absolute atomic E-state index is 0.00424. The maximum atomic E-state index is 10.5. The third-order valence-electron chi connectivity index (χ3n) is 2.76. The lowest BCUT2D eigenvalue weighted by Gasteiger charge is -2.06. The minimum Gasteiger partial charge on any atom is -0.503 e. The molecule has 2 N–H and O–H groups in total. The number of nitro groups is 1. The lowest BCUT2D eigenvalue weighted by molar-refractivity contribution is -0.384. The van der Waals surface area contributed by atoms with Crippen molar-refractivity contribution in [2.75, 3.05) is 12.5 Å². The summed E-state index contributed by atoms with van der Waals surface area (Å²) in [5.74, 6) is 0.105. The Morgan fingerprint density at radius 1 is 1.36 bits per heavy atom. The summed E-state index contributed by atoms with van der Waals surface area (Å²) in [4.78, 5) is 10.1. The van der Waals surface area contributed by atoms with E-state index in [4.69, 9.17) is 16.3 Å². The van der Waals surface area contributed by atoms with Gasteiger partial charge >= 0.3 is 0 Å². The number of hydrogen-bond acceptors (Lipinski definition) is 6. The van der Waals surface area contributed by atoms with Gasteiger partial charge < -0.3 is 9.84 Å². The van der Waals surface area contributed by atoms with Gasteiger partial charge in [-0.05, 0) is 29.8 Å². The van der Waals surface area contributed by atoms with Crippen molar-refractivity contribution < 1.29 is 14.8 Å². The molecule has 0 heterocycles. The van der Waals surface area contributed by atoms with Gasteiger partial charge in [-0.1, -0.05) is 11.6 Å². The van der Waals surface area contributed by atoms with Gasteiger partial charge in [0.2, 0.25) is 0 Å². The van der Waals surface area contributed by atoms with Crippen molar-refractivity contribution in [3.8, 4) is 11.5 Å². The van der Waals surface area contributed by atoms with E-state index in [1.165, 1.54) is 31.5 Å². The number of nitro benzene ring substituents is 1. The van der Waals surface area contributed by atoms with Gasteiger partial charge in [0.05, 0.1) is 29.0 Å². The van der Waals surface area contributed by atoms with Gasteiger partial charge in [-0.25, -0.2) is 0 Å². The average Bonchev–Trinajstić information content (AvgIpc) is 2.51. The van der Waals surface area contributed by atoms with Crippen LogP contribution in [0.2, 0.25) is 5.02 Å². The highest BCUT2D eigenvalue weighted by Gasteiger charge is 2.07. The lowest BCUT2D eigenvalue weighted by atomic mass is 10.2. The van der Waals surface area contributed by atoms with Crippen molar-refractivity contribution in [2.24, 2.45) is 5.10 Å². The molecule has 0 fully saturated rings. The van der Waals surface area contributed by atoms with Crippen LogP contribution in [0, 0.1) is 10.1 Å². The number of aromatic hydroxyl groups is 1. The molecule has 22 heavy (non-hydrogen) atoms. The predicted molar refractivity (Wildman–Crippen MR) is 84.0 cm³/mol. The zero-order chi connectivity index (χ0) is 16.1. The van der Waals surface area contributed by atoms with Crippen LogP contribution in [0.15, 0.2) is 41.5 Å². The Balaban J connectivity index is 2.09. The molecule has 0 spiro atoms. The van der Waals surface area contributed by atoms with Gasteiger partial charge in [0.1, 0.15) is 0 Å². The fourth-order valence-corrected chi connectivity index (χ4v) is 1.88. The summed E-state index contributed by atoms with van der Waals surface area (Å²) in [5, 5.41) is 24.3. The summed E-state index contributed by atoms with van der Waals surface area (Å²) in [6.07, 6.45) is 1.48. The standard InChI is InChI=1S/C14H12ClN3O4/c1-22-13-7-9(6-12(15)14(13)19)8-16-17-10-2-4-11(5-3-10)18(20)21/h2-8,17,19H,1H3/b16-8+. The summed E-state index contributed by atoms with van der Waals surface area (Å²) >= 11 is 5.86. The first-order valence-corrected chi connectivity index (χ1v) is 6.49. The Labute approximate surface area is 130 Å². The summed E-state index contributed by atoms with van der Waals surface area (Å²) in [6, 6.07) is 8.93. The van der Waals surface area contributed by atoms with E-state index in [1.807, 2.05) is 0 Å². The van der Waals surface area contributed by atoms with Crippen LogP contribution in [0.5, 0.6) is 11.5 Å². The van der Waals surface area contributed by atoms with Crippen LogP contribution in [0.3, 0.4) is 0 Å². The number of phenols is 1. The van der Waals surface area contributed by atoms with Crippen molar-refractivity contribution in [3.63, 3.8) is 0 Å². The van der Waals surface area contributed by atoms with Crippen LogP contribution in [-0.2, 0) is 0 Å². The Morgan fingerprint density at radius 3 is 2.64 bits per heavy atom. The van der Waals surface area contributed by atoms with E-state index < -0.39 is 4.92 Å². The number of hydrazone groups is 1. The second-order valence-electron chi connectivity index (χ2n) is 4.23. The second-order valence-corrected chi connectivity index (χ2v) is 4.63. The molecule has 0 atom stereocenters. The maximum absolute atomic E-state index is 10.5.